The Kier molecular flexibility index (Phi) is 5.17. The largest absolute Gasteiger partial charge is 0.468 e. The SMILES string of the molecule is CC(C)NCCS(=O)(=O)NC(C)c1ccco1. The molecule has 0 saturated carbocycles. The van der Waals surface area contributed by atoms with Gasteiger partial charge in [0.1, 0.15) is 5.76 Å². The fourth-order valence-electron chi connectivity index (χ4n) is 1.41. The van der Waals surface area contributed by atoms with Gasteiger partial charge in [-0.05, 0) is 19.1 Å². The highest BCUT2D eigenvalue weighted by atomic mass is 32.2. The molecule has 98 valence electrons. The van der Waals surface area contributed by atoms with Crippen molar-refractivity contribution in [3.8, 4) is 0 Å². The number of rotatable bonds is 7. The maximum atomic E-state index is 11.7. The fraction of sp³-hybridized carbons (Fsp3) is 0.636. The van der Waals surface area contributed by atoms with Crippen molar-refractivity contribution in [2.45, 2.75) is 32.9 Å². The maximum absolute atomic E-state index is 11.7. The first-order valence-electron chi connectivity index (χ1n) is 5.67. The molecule has 0 saturated heterocycles. The van der Waals surface area contributed by atoms with E-state index >= 15 is 0 Å². The summed E-state index contributed by atoms with van der Waals surface area (Å²) in [6.45, 7) is 6.15. The molecule has 0 bridgehead atoms. The van der Waals surface area contributed by atoms with Crippen LogP contribution in [-0.2, 0) is 10.0 Å². The Bertz CT molecular complexity index is 412. The Labute approximate surface area is 103 Å². The number of nitrogens with one attached hydrogen (secondary N) is 2. The molecule has 0 aliphatic heterocycles. The second-order valence-corrected chi connectivity index (χ2v) is 6.16. The molecule has 0 spiro atoms. The van der Waals surface area contributed by atoms with Crippen molar-refractivity contribution in [1.82, 2.24) is 10.0 Å². The van der Waals surface area contributed by atoms with Gasteiger partial charge in [-0.15, -0.1) is 0 Å². The van der Waals surface area contributed by atoms with E-state index in [-0.39, 0.29) is 17.8 Å². The van der Waals surface area contributed by atoms with Crippen LogP contribution in [0.15, 0.2) is 22.8 Å². The summed E-state index contributed by atoms with van der Waals surface area (Å²) in [5, 5.41) is 3.07. The minimum Gasteiger partial charge on any atom is -0.468 e. The van der Waals surface area contributed by atoms with Gasteiger partial charge in [-0.25, -0.2) is 13.1 Å². The van der Waals surface area contributed by atoms with Gasteiger partial charge in [-0.3, -0.25) is 0 Å². The van der Waals surface area contributed by atoms with Crippen molar-refractivity contribution >= 4 is 10.0 Å². The second-order valence-electron chi connectivity index (χ2n) is 4.28. The highest BCUT2D eigenvalue weighted by Crippen LogP contribution is 2.13. The Hall–Kier alpha value is -0.850. The molecule has 0 aromatic carbocycles. The highest BCUT2D eigenvalue weighted by molar-refractivity contribution is 7.89. The third kappa shape index (κ3) is 5.34. The van der Waals surface area contributed by atoms with Gasteiger partial charge < -0.3 is 9.73 Å². The lowest BCUT2D eigenvalue weighted by molar-refractivity contribution is 0.459. The molecule has 0 aliphatic carbocycles. The van der Waals surface area contributed by atoms with E-state index in [2.05, 4.69) is 10.0 Å². The first kappa shape index (κ1) is 14.2. The normalized spacial score (nSPS) is 14.1. The molecule has 1 atom stereocenters. The van der Waals surface area contributed by atoms with Crippen molar-refractivity contribution in [3.63, 3.8) is 0 Å². The molecule has 6 heteroatoms. The Morgan fingerprint density at radius 1 is 1.35 bits per heavy atom. The molecule has 1 aromatic rings. The number of hydrogen-bond donors (Lipinski definition) is 2. The molecule has 0 radical (unpaired) electrons. The minimum absolute atomic E-state index is 0.0657. The molecule has 2 N–H and O–H groups in total. The van der Waals surface area contributed by atoms with Crippen LogP contribution in [0.1, 0.15) is 32.6 Å². The summed E-state index contributed by atoms with van der Waals surface area (Å²) < 4.78 is 31.2. The molecule has 5 nitrogen and oxygen atoms in total. The van der Waals surface area contributed by atoms with Crippen LogP contribution in [0.3, 0.4) is 0 Å². The smallest absolute Gasteiger partial charge is 0.213 e. The quantitative estimate of drug-likeness (QED) is 0.774. The van der Waals surface area contributed by atoms with Crippen LogP contribution >= 0.6 is 0 Å². The molecule has 0 amide bonds. The van der Waals surface area contributed by atoms with Crippen molar-refractivity contribution in [1.29, 1.82) is 0 Å². The summed E-state index contributed by atoms with van der Waals surface area (Å²) in [5.74, 6) is 0.682. The highest BCUT2D eigenvalue weighted by Gasteiger charge is 2.17. The third-order valence-electron chi connectivity index (χ3n) is 2.25. The van der Waals surface area contributed by atoms with E-state index in [1.165, 1.54) is 6.26 Å². The average Bonchev–Trinajstić information content (AvgIpc) is 2.68. The molecule has 1 rings (SSSR count). The number of hydrogen-bond acceptors (Lipinski definition) is 4. The lowest BCUT2D eigenvalue weighted by Gasteiger charge is -2.13. The van der Waals surface area contributed by atoms with Crippen molar-refractivity contribution < 1.29 is 12.8 Å². The van der Waals surface area contributed by atoms with Crippen LogP contribution in [0.4, 0.5) is 0 Å². The topological polar surface area (TPSA) is 71.3 Å². The molecular weight excluding hydrogens is 240 g/mol. The summed E-state index contributed by atoms with van der Waals surface area (Å²) in [6.07, 6.45) is 1.53. The fourth-order valence-corrected chi connectivity index (χ4v) is 2.57. The second kappa shape index (κ2) is 6.18. The Morgan fingerprint density at radius 3 is 2.59 bits per heavy atom. The number of furan rings is 1. The van der Waals surface area contributed by atoms with Gasteiger partial charge in [0.05, 0.1) is 18.1 Å². The minimum atomic E-state index is -3.28. The Balaban J connectivity index is 2.44. The summed E-state index contributed by atoms with van der Waals surface area (Å²) in [5.41, 5.74) is 0. The van der Waals surface area contributed by atoms with E-state index in [1.54, 1.807) is 19.1 Å². The van der Waals surface area contributed by atoms with Gasteiger partial charge in [0.15, 0.2) is 0 Å². The van der Waals surface area contributed by atoms with Crippen molar-refractivity contribution in [3.05, 3.63) is 24.2 Å². The van der Waals surface area contributed by atoms with E-state index in [0.717, 1.165) is 0 Å². The van der Waals surface area contributed by atoms with Gasteiger partial charge in [0, 0.05) is 12.6 Å². The van der Waals surface area contributed by atoms with Gasteiger partial charge in [-0.2, -0.15) is 0 Å². The first-order valence-corrected chi connectivity index (χ1v) is 7.33. The zero-order valence-electron chi connectivity index (χ0n) is 10.4. The average molecular weight is 260 g/mol. The van der Waals surface area contributed by atoms with Gasteiger partial charge in [0.25, 0.3) is 0 Å². The molecule has 1 unspecified atom stereocenters. The van der Waals surface area contributed by atoms with E-state index in [0.29, 0.717) is 12.3 Å². The van der Waals surface area contributed by atoms with E-state index in [4.69, 9.17) is 4.42 Å². The monoisotopic (exact) mass is 260 g/mol. The lowest BCUT2D eigenvalue weighted by atomic mass is 10.3. The molecule has 17 heavy (non-hydrogen) atoms. The molecule has 0 fully saturated rings. The van der Waals surface area contributed by atoms with Crippen LogP contribution in [-0.4, -0.2) is 26.8 Å². The van der Waals surface area contributed by atoms with Gasteiger partial charge >= 0.3 is 0 Å². The van der Waals surface area contributed by atoms with Crippen LogP contribution in [0.2, 0.25) is 0 Å². The Morgan fingerprint density at radius 2 is 2.06 bits per heavy atom. The maximum Gasteiger partial charge on any atom is 0.213 e. The first-order chi connectivity index (χ1) is 7.91. The van der Waals surface area contributed by atoms with Crippen molar-refractivity contribution in [2.75, 3.05) is 12.3 Å². The molecule has 1 heterocycles. The zero-order chi connectivity index (χ0) is 12.9. The molecule has 1 aromatic heterocycles. The summed E-state index contributed by atoms with van der Waals surface area (Å²) >= 11 is 0. The summed E-state index contributed by atoms with van der Waals surface area (Å²) in [6, 6.07) is 3.43. The lowest BCUT2D eigenvalue weighted by Crippen LogP contribution is -2.35. The van der Waals surface area contributed by atoms with Crippen LogP contribution in [0, 0.1) is 0 Å². The standard InChI is InChI=1S/C11H20N2O3S/c1-9(2)12-6-8-17(14,15)13-10(3)11-5-4-7-16-11/h4-5,7,9-10,12-13H,6,8H2,1-3H3. The third-order valence-corrected chi connectivity index (χ3v) is 3.70. The predicted octanol–water partition coefficient (Wildman–Crippen LogP) is 1.26. The van der Waals surface area contributed by atoms with E-state index < -0.39 is 10.0 Å². The van der Waals surface area contributed by atoms with Crippen LogP contribution < -0.4 is 10.0 Å². The molecule has 0 aliphatic rings. The van der Waals surface area contributed by atoms with Gasteiger partial charge in [0.2, 0.25) is 10.0 Å². The molecular formula is C11H20N2O3S. The van der Waals surface area contributed by atoms with Crippen LogP contribution in [0.5, 0.6) is 0 Å². The number of sulfonamides is 1. The van der Waals surface area contributed by atoms with E-state index in [9.17, 15) is 8.42 Å². The summed E-state index contributed by atoms with van der Waals surface area (Å²) in [7, 11) is -3.28. The van der Waals surface area contributed by atoms with Crippen LogP contribution in [0.25, 0.3) is 0 Å². The predicted molar refractivity (Wildman–Crippen MR) is 67.2 cm³/mol. The van der Waals surface area contributed by atoms with Gasteiger partial charge in [-0.1, -0.05) is 13.8 Å². The zero-order valence-corrected chi connectivity index (χ0v) is 11.3. The summed E-state index contributed by atoms with van der Waals surface area (Å²) in [4.78, 5) is 0. The van der Waals surface area contributed by atoms with E-state index in [1.807, 2.05) is 13.8 Å². The van der Waals surface area contributed by atoms with Crippen molar-refractivity contribution in [2.24, 2.45) is 0 Å².